The van der Waals surface area contributed by atoms with Gasteiger partial charge in [0.2, 0.25) is 5.91 Å². The maximum absolute atomic E-state index is 13.1. The Bertz CT molecular complexity index is 1310. The quantitative estimate of drug-likeness (QED) is 0.0324. The maximum atomic E-state index is 13.1. The number of rotatable bonds is 41. The van der Waals surface area contributed by atoms with Crippen LogP contribution in [0.15, 0.2) is 122 Å². The number of unbranched alkanes of at least 4 members (excludes halogenated alkanes) is 11. The summed E-state index contributed by atoms with van der Waals surface area (Å²) in [7, 11) is 0. The van der Waals surface area contributed by atoms with Gasteiger partial charge in [0.25, 0.3) is 0 Å². The highest BCUT2D eigenvalue weighted by molar-refractivity contribution is 5.78. The standard InChI is InChI=1S/C55H89NO5/c1-4-7-10-13-16-19-21-23-25-26-27-28-29-31-33-36-39-42-45-48-55(60)61-51(46-43-40-37-35-32-30-24-22-20-17-14-11-8-5-2)49-54(59)56-52(50-57)53(58)47-44-41-38-34-18-15-12-9-6-3/h7-8,10-11,16-17,19-20,23-25,27-28,30-31,33,35,37,43,46,51-53,57-58H,4-6,9,12-15,18,21-22,26,29,32,34,36,38-42,44-45,47-50H2,1-3H3,(H,56,59)/b10-7-,11-8+,19-16-,20-17+,25-23-,28-27-,30-24+,33-31-,37-35+,46-43+. The summed E-state index contributed by atoms with van der Waals surface area (Å²) in [4.78, 5) is 26.0. The average Bonchev–Trinajstić information content (AvgIpc) is 3.25. The van der Waals surface area contributed by atoms with Crippen molar-refractivity contribution in [1.82, 2.24) is 5.32 Å². The fourth-order valence-corrected chi connectivity index (χ4v) is 6.42. The van der Waals surface area contributed by atoms with Crippen molar-refractivity contribution in [3.05, 3.63) is 122 Å². The van der Waals surface area contributed by atoms with Crippen molar-refractivity contribution in [3.8, 4) is 0 Å². The maximum Gasteiger partial charge on any atom is 0.306 e. The molecule has 0 radical (unpaired) electrons. The molecule has 0 rings (SSSR count). The summed E-state index contributed by atoms with van der Waals surface area (Å²) in [5, 5.41) is 23.6. The third-order valence-electron chi connectivity index (χ3n) is 10.0. The van der Waals surface area contributed by atoms with Gasteiger partial charge >= 0.3 is 5.97 Å². The molecule has 3 unspecified atom stereocenters. The molecular weight excluding hydrogens is 755 g/mol. The van der Waals surface area contributed by atoms with Crippen molar-refractivity contribution >= 4 is 11.9 Å². The van der Waals surface area contributed by atoms with Gasteiger partial charge in [-0.2, -0.15) is 0 Å². The number of allylic oxidation sites excluding steroid dienone is 19. The summed E-state index contributed by atoms with van der Waals surface area (Å²) in [6.45, 7) is 6.16. The zero-order valence-electron chi connectivity index (χ0n) is 39.0. The molecule has 6 nitrogen and oxygen atoms in total. The molecule has 0 aliphatic heterocycles. The smallest absolute Gasteiger partial charge is 0.306 e. The van der Waals surface area contributed by atoms with E-state index in [1.54, 1.807) is 6.08 Å². The Morgan fingerprint density at radius 2 is 0.918 bits per heavy atom. The Kier molecular flexibility index (Phi) is 44.4. The van der Waals surface area contributed by atoms with E-state index in [4.69, 9.17) is 4.74 Å². The molecule has 0 aromatic rings. The van der Waals surface area contributed by atoms with Crippen LogP contribution >= 0.6 is 0 Å². The van der Waals surface area contributed by atoms with Crippen LogP contribution in [-0.2, 0) is 14.3 Å². The van der Waals surface area contributed by atoms with E-state index in [1.807, 2.05) is 6.08 Å². The number of carbonyl (C=O) groups is 2. The summed E-state index contributed by atoms with van der Waals surface area (Å²) in [6, 6.07) is -0.755. The summed E-state index contributed by atoms with van der Waals surface area (Å²) < 4.78 is 5.79. The minimum absolute atomic E-state index is 0.0677. The molecule has 1 amide bonds. The van der Waals surface area contributed by atoms with Crippen molar-refractivity contribution in [2.45, 2.75) is 206 Å². The minimum atomic E-state index is -0.831. The fraction of sp³-hybridized carbons (Fsp3) is 0.600. The van der Waals surface area contributed by atoms with Gasteiger partial charge in [-0.1, -0.05) is 200 Å². The number of amides is 1. The highest BCUT2D eigenvalue weighted by Gasteiger charge is 2.23. The molecule has 0 aromatic carbocycles. The monoisotopic (exact) mass is 844 g/mol. The molecule has 0 aromatic heterocycles. The van der Waals surface area contributed by atoms with Crippen LogP contribution in [0, 0.1) is 0 Å². The lowest BCUT2D eigenvalue weighted by Gasteiger charge is -2.23. The molecule has 3 atom stereocenters. The second-order valence-corrected chi connectivity index (χ2v) is 15.7. The normalized spacial score (nSPS) is 14.4. The molecule has 0 saturated heterocycles. The zero-order valence-corrected chi connectivity index (χ0v) is 39.0. The van der Waals surface area contributed by atoms with Gasteiger partial charge in [0.05, 0.1) is 25.2 Å². The van der Waals surface area contributed by atoms with E-state index in [9.17, 15) is 19.8 Å². The molecule has 0 heterocycles. The van der Waals surface area contributed by atoms with E-state index in [-0.39, 0.29) is 24.9 Å². The Labute approximate surface area is 374 Å². The first-order valence-electron chi connectivity index (χ1n) is 24.3. The Morgan fingerprint density at radius 3 is 1.38 bits per heavy atom. The molecule has 6 heteroatoms. The Balaban J connectivity index is 4.81. The summed E-state index contributed by atoms with van der Waals surface area (Å²) in [5.41, 5.74) is 0. The van der Waals surface area contributed by atoms with E-state index in [0.717, 1.165) is 103 Å². The molecule has 0 aliphatic carbocycles. The lowest BCUT2D eigenvalue weighted by Crippen LogP contribution is -2.46. The first kappa shape index (κ1) is 57.3. The summed E-state index contributed by atoms with van der Waals surface area (Å²) in [5.74, 6) is -0.682. The number of esters is 1. The molecule has 61 heavy (non-hydrogen) atoms. The largest absolute Gasteiger partial charge is 0.458 e. The lowest BCUT2D eigenvalue weighted by molar-refractivity contribution is -0.148. The predicted molar refractivity (Wildman–Crippen MR) is 263 cm³/mol. The second-order valence-electron chi connectivity index (χ2n) is 15.7. The van der Waals surface area contributed by atoms with Gasteiger partial charge in [0, 0.05) is 6.42 Å². The molecule has 0 spiro atoms. The number of nitrogens with one attached hydrogen (secondary N) is 1. The topological polar surface area (TPSA) is 95.9 Å². The number of carbonyl (C=O) groups excluding carboxylic acids is 2. The number of hydrogen-bond acceptors (Lipinski definition) is 5. The van der Waals surface area contributed by atoms with Crippen molar-refractivity contribution < 1.29 is 24.5 Å². The van der Waals surface area contributed by atoms with Gasteiger partial charge in [-0.05, 0) is 96.0 Å². The lowest BCUT2D eigenvalue weighted by atomic mass is 10.0. The highest BCUT2D eigenvalue weighted by atomic mass is 16.5. The third-order valence-corrected chi connectivity index (χ3v) is 10.0. The number of hydrogen-bond donors (Lipinski definition) is 3. The summed E-state index contributed by atoms with van der Waals surface area (Å²) >= 11 is 0. The Morgan fingerprint density at radius 1 is 0.508 bits per heavy atom. The van der Waals surface area contributed by atoms with Crippen LogP contribution in [0.3, 0.4) is 0 Å². The van der Waals surface area contributed by atoms with E-state index in [1.165, 1.54) is 38.5 Å². The zero-order chi connectivity index (χ0) is 44.5. The van der Waals surface area contributed by atoms with E-state index < -0.39 is 18.2 Å². The summed E-state index contributed by atoms with van der Waals surface area (Å²) in [6.07, 6.45) is 65.8. The molecule has 344 valence electrons. The Hall–Kier alpha value is -3.74. The second kappa shape index (κ2) is 47.3. The molecule has 3 N–H and O–H groups in total. The van der Waals surface area contributed by atoms with E-state index in [2.05, 4.69) is 135 Å². The first-order valence-corrected chi connectivity index (χ1v) is 24.3. The van der Waals surface area contributed by atoms with Crippen LogP contribution in [0.5, 0.6) is 0 Å². The fourth-order valence-electron chi connectivity index (χ4n) is 6.42. The van der Waals surface area contributed by atoms with E-state index >= 15 is 0 Å². The number of aliphatic hydroxyl groups is 2. The van der Waals surface area contributed by atoms with Crippen LogP contribution in [0.25, 0.3) is 0 Å². The van der Waals surface area contributed by atoms with Gasteiger partial charge in [-0.25, -0.2) is 0 Å². The highest BCUT2D eigenvalue weighted by Crippen LogP contribution is 2.14. The third kappa shape index (κ3) is 42.7. The van der Waals surface area contributed by atoms with E-state index in [0.29, 0.717) is 19.3 Å². The van der Waals surface area contributed by atoms with Crippen LogP contribution < -0.4 is 5.32 Å². The van der Waals surface area contributed by atoms with Crippen molar-refractivity contribution in [1.29, 1.82) is 0 Å². The van der Waals surface area contributed by atoms with Crippen molar-refractivity contribution in [2.75, 3.05) is 6.61 Å². The van der Waals surface area contributed by atoms with Crippen molar-refractivity contribution in [2.24, 2.45) is 0 Å². The van der Waals surface area contributed by atoms with Crippen LogP contribution in [0.2, 0.25) is 0 Å². The van der Waals surface area contributed by atoms with Gasteiger partial charge in [0.1, 0.15) is 6.10 Å². The molecule has 0 saturated carbocycles. The predicted octanol–water partition coefficient (Wildman–Crippen LogP) is 14.5. The number of aliphatic hydroxyl groups excluding tert-OH is 2. The van der Waals surface area contributed by atoms with Crippen LogP contribution in [-0.4, -0.2) is 46.9 Å². The van der Waals surface area contributed by atoms with Gasteiger partial charge < -0.3 is 20.3 Å². The molecule has 0 bridgehead atoms. The SMILES string of the molecule is CC/C=C\C/C=C\C/C=C\C/C=C\C/C=C\CCCCCC(=O)OC(/C=C/C/C=C/C/C=C/C/C=C/C/C=C/CC)CC(=O)NC(CO)C(O)CCCCCCCCCCC. The average molecular weight is 844 g/mol. The molecule has 0 fully saturated rings. The van der Waals surface area contributed by atoms with Crippen LogP contribution in [0.1, 0.15) is 188 Å². The van der Waals surface area contributed by atoms with Gasteiger partial charge in [-0.15, -0.1) is 0 Å². The van der Waals surface area contributed by atoms with Crippen molar-refractivity contribution in [3.63, 3.8) is 0 Å². The molecular formula is C55H89NO5. The minimum Gasteiger partial charge on any atom is -0.458 e. The first-order chi connectivity index (χ1) is 30.0. The molecule has 0 aliphatic rings. The van der Waals surface area contributed by atoms with Crippen LogP contribution in [0.4, 0.5) is 0 Å². The number of ether oxygens (including phenoxy) is 1. The van der Waals surface area contributed by atoms with Gasteiger partial charge in [-0.3, -0.25) is 9.59 Å². The van der Waals surface area contributed by atoms with Gasteiger partial charge in [0.15, 0.2) is 0 Å².